The Bertz CT molecular complexity index is 330. The quantitative estimate of drug-likeness (QED) is 0.700. The van der Waals surface area contributed by atoms with Crippen LogP contribution in [-0.2, 0) is 11.2 Å². The van der Waals surface area contributed by atoms with Crippen molar-refractivity contribution in [2.24, 2.45) is 0 Å². The topological polar surface area (TPSA) is 21.3 Å². The van der Waals surface area contributed by atoms with Crippen LogP contribution in [0.1, 0.15) is 32.3 Å². The molecular weight excluding hydrogens is 290 g/mol. The summed E-state index contributed by atoms with van der Waals surface area (Å²) < 4.78 is 6.66. The minimum atomic E-state index is 0.496. The fourth-order valence-corrected chi connectivity index (χ4v) is 2.37. The molecular formula is C15H24BrNO. The molecule has 0 heterocycles. The van der Waals surface area contributed by atoms with Gasteiger partial charge in [-0.05, 0) is 44.4 Å². The maximum absolute atomic E-state index is 5.46. The Hall–Kier alpha value is -0.380. The molecule has 1 atom stereocenters. The molecule has 1 N–H and O–H groups in total. The van der Waals surface area contributed by atoms with E-state index in [0.29, 0.717) is 6.04 Å². The van der Waals surface area contributed by atoms with Crippen LogP contribution in [0.15, 0.2) is 28.7 Å². The van der Waals surface area contributed by atoms with Gasteiger partial charge in [0.1, 0.15) is 0 Å². The van der Waals surface area contributed by atoms with Gasteiger partial charge in [0.05, 0.1) is 0 Å². The van der Waals surface area contributed by atoms with Gasteiger partial charge in [-0.25, -0.2) is 0 Å². The van der Waals surface area contributed by atoms with Gasteiger partial charge >= 0.3 is 0 Å². The van der Waals surface area contributed by atoms with Gasteiger partial charge in [0, 0.05) is 23.7 Å². The van der Waals surface area contributed by atoms with E-state index in [-0.39, 0.29) is 0 Å². The Labute approximate surface area is 119 Å². The lowest BCUT2D eigenvalue weighted by Gasteiger charge is -2.19. The average molecular weight is 314 g/mol. The standard InChI is InChI=1S/C15H24BrNO/c1-3-10-17-14(9-11-18-4-2)12-13-7-5-6-8-15(13)16/h5-8,14,17H,3-4,9-12H2,1-2H3. The number of rotatable bonds is 9. The molecule has 0 radical (unpaired) electrons. The monoisotopic (exact) mass is 313 g/mol. The first-order valence-electron chi connectivity index (χ1n) is 6.82. The molecule has 0 fully saturated rings. The molecule has 1 unspecified atom stereocenters. The van der Waals surface area contributed by atoms with Crippen LogP contribution in [-0.4, -0.2) is 25.8 Å². The third kappa shape index (κ3) is 5.98. The molecule has 0 bridgehead atoms. The SMILES string of the molecule is CCCNC(CCOCC)Cc1ccccc1Br. The number of benzene rings is 1. The lowest BCUT2D eigenvalue weighted by atomic mass is 10.0. The second-order valence-corrected chi connectivity index (χ2v) is 5.29. The summed E-state index contributed by atoms with van der Waals surface area (Å²) in [6, 6.07) is 8.94. The molecule has 1 rings (SSSR count). The molecule has 18 heavy (non-hydrogen) atoms. The summed E-state index contributed by atoms with van der Waals surface area (Å²) in [4.78, 5) is 0. The summed E-state index contributed by atoms with van der Waals surface area (Å²) in [5.74, 6) is 0. The van der Waals surface area contributed by atoms with Crippen molar-refractivity contribution in [3.8, 4) is 0 Å². The number of ether oxygens (including phenoxy) is 1. The summed E-state index contributed by atoms with van der Waals surface area (Å²) >= 11 is 3.62. The van der Waals surface area contributed by atoms with Crippen molar-refractivity contribution >= 4 is 15.9 Å². The molecule has 0 aliphatic rings. The van der Waals surface area contributed by atoms with Crippen LogP contribution in [0.2, 0.25) is 0 Å². The number of hydrogen-bond donors (Lipinski definition) is 1. The predicted octanol–water partition coefficient (Wildman–Crippen LogP) is 3.79. The predicted molar refractivity (Wildman–Crippen MR) is 81.0 cm³/mol. The molecule has 1 aromatic carbocycles. The third-order valence-electron chi connectivity index (χ3n) is 2.92. The van der Waals surface area contributed by atoms with Crippen LogP contribution < -0.4 is 5.32 Å². The Balaban J connectivity index is 2.51. The highest BCUT2D eigenvalue weighted by Crippen LogP contribution is 2.18. The second kappa shape index (κ2) is 9.54. The fourth-order valence-electron chi connectivity index (χ4n) is 1.92. The van der Waals surface area contributed by atoms with Crippen molar-refractivity contribution in [1.29, 1.82) is 0 Å². The van der Waals surface area contributed by atoms with E-state index in [2.05, 4.69) is 52.4 Å². The molecule has 0 spiro atoms. The maximum Gasteiger partial charge on any atom is 0.0480 e. The fraction of sp³-hybridized carbons (Fsp3) is 0.600. The summed E-state index contributed by atoms with van der Waals surface area (Å²) in [6.07, 6.45) is 3.28. The van der Waals surface area contributed by atoms with Gasteiger partial charge in [0.15, 0.2) is 0 Å². The molecule has 0 aromatic heterocycles. The molecule has 0 saturated carbocycles. The zero-order valence-corrected chi connectivity index (χ0v) is 13.0. The molecule has 3 heteroatoms. The molecule has 0 aliphatic carbocycles. The lowest BCUT2D eigenvalue weighted by molar-refractivity contribution is 0.136. The van der Waals surface area contributed by atoms with E-state index in [1.54, 1.807) is 0 Å². The number of halogens is 1. The van der Waals surface area contributed by atoms with Crippen LogP contribution in [0.4, 0.5) is 0 Å². The van der Waals surface area contributed by atoms with E-state index in [4.69, 9.17) is 4.74 Å². The van der Waals surface area contributed by atoms with Crippen LogP contribution in [0.25, 0.3) is 0 Å². The first-order chi connectivity index (χ1) is 8.77. The highest BCUT2D eigenvalue weighted by molar-refractivity contribution is 9.10. The van der Waals surface area contributed by atoms with Crippen molar-refractivity contribution in [1.82, 2.24) is 5.32 Å². The number of hydrogen-bond acceptors (Lipinski definition) is 2. The zero-order chi connectivity index (χ0) is 13.2. The van der Waals surface area contributed by atoms with Gasteiger partial charge < -0.3 is 10.1 Å². The van der Waals surface area contributed by atoms with Gasteiger partial charge in [-0.15, -0.1) is 0 Å². The molecule has 102 valence electrons. The smallest absolute Gasteiger partial charge is 0.0480 e. The Morgan fingerprint density at radius 1 is 1.28 bits per heavy atom. The van der Waals surface area contributed by atoms with Gasteiger partial charge in [0.25, 0.3) is 0 Å². The number of nitrogens with one attached hydrogen (secondary N) is 1. The summed E-state index contributed by atoms with van der Waals surface area (Å²) in [5, 5.41) is 3.60. The lowest BCUT2D eigenvalue weighted by Crippen LogP contribution is -2.33. The molecule has 0 saturated heterocycles. The first-order valence-corrected chi connectivity index (χ1v) is 7.61. The van der Waals surface area contributed by atoms with E-state index in [1.807, 2.05) is 6.92 Å². The Kier molecular flexibility index (Phi) is 8.31. The summed E-state index contributed by atoms with van der Waals surface area (Å²) in [6.45, 7) is 6.95. The van der Waals surface area contributed by atoms with Crippen molar-refractivity contribution in [3.05, 3.63) is 34.3 Å². The molecule has 0 aliphatic heterocycles. The summed E-state index contributed by atoms with van der Waals surface area (Å²) in [5.41, 5.74) is 1.36. The van der Waals surface area contributed by atoms with Crippen molar-refractivity contribution < 1.29 is 4.74 Å². The van der Waals surface area contributed by atoms with Crippen molar-refractivity contribution in [3.63, 3.8) is 0 Å². The Morgan fingerprint density at radius 3 is 2.72 bits per heavy atom. The van der Waals surface area contributed by atoms with Gasteiger partial charge in [-0.3, -0.25) is 0 Å². The van der Waals surface area contributed by atoms with E-state index >= 15 is 0 Å². The van der Waals surface area contributed by atoms with Gasteiger partial charge in [-0.1, -0.05) is 41.1 Å². The first kappa shape index (κ1) is 15.7. The minimum Gasteiger partial charge on any atom is -0.382 e. The largest absolute Gasteiger partial charge is 0.382 e. The van der Waals surface area contributed by atoms with Crippen molar-refractivity contribution in [2.75, 3.05) is 19.8 Å². The van der Waals surface area contributed by atoms with Gasteiger partial charge in [0.2, 0.25) is 0 Å². The van der Waals surface area contributed by atoms with E-state index in [0.717, 1.165) is 32.6 Å². The molecule has 2 nitrogen and oxygen atoms in total. The molecule has 0 amide bonds. The zero-order valence-electron chi connectivity index (χ0n) is 11.4. The highest BCUT2D eigenvalue weighted by atomic mass is 79.9. The van der Waals surface area contributed by atoms with Crippen LogP contribution >= 0.6 is 15.9 Å². The minimum absolute atomic E-state index is 0.496. The second-order valence-electron chi connectivity index (χ2n) is 4.43. The highest BCUT2D eigenvalue weighted by Gasteiger charge is 2.10. The van der Waals surface area contributed by atoms with Crippen molar-refractivity contribution in [2.45, 2.75) is 39.2 Å². The third-order valence-corrected chi connectivity index (χ3v) is 3.70. The normalized spacial score (nSPS) is 12.6. The summed E-state index contributed by atoms with van der Waals surface area (Å²) in [7, 11) is 0. The van der Waals surface area contributed by atoms with Crippen LogP contribution in [0, 0.1) is 0 Å². The van der Waals surface area contributed by atoms with Crippen LogP contribution in [0.5, 0.6) is 0 Å². The maximum atomic E-state index is 5.46. The van der Waals surface area contributed by atoms with Gasteiger partial charge in [-0.2, -0.15) is 0 Å². The van der Waals surface area contributed by atoms with Crippen LogP contribution in [0.3, 0.4) is 0 Å². The van der Waals surface area contributed by atoms with E-state index in [9.17, 15) is 0 Å². The average Bonchev–Trinajstić information content (AvgIpc) is 2.38. The van der Waals surface area contributed by atoms with E-state index < -0.39 is 0 Å². The van der Waals surface area contributed by atoms with E-state index in [1.165, 1.54) is 16.5 Å². The Morgan fingerprint density at radius 2 is 2.06 bits per heavy atom. The molecule has 1 aromatic rings.